The highest BCUT2D eigenvalue weighted by molar-refractivity contribution is 9.10. The highest BCUT2D eigenvalue weighted by Crippen LogP contribution is 2.36. The van der Waals surface area contributed by atoms with Crippen LogP contribution in [-0.4, -0.2) is 23.1 Å². The number of hydrogen-bond acceptors (Lipinski definition) is 3. The molecule has 112 valence electrons. The second-order valence-corrected chi connectivity index (χ2v) is 8.73. The zero-order chi connectivity index (χ0) is 15.1. The Morgan fingerprint density at radius 3 is 2.30 bits per heavy atom. The lowest BCUT2D eigenvalue weighted by atomic mass is 9.80. The minimum atomic E-state index is -0.0261. The van der Waals surface area contributed by atoms with Gasteiger partial charge in [-0.3, -0.25) is 0 Å². The lowest BCUT2D eigenvalue weighted by molar-refractivity contribution is 0.263. The lowest BCUT2D eigenvalue weighted by Gasteiger charge is -2.27. The summed E-state index contributed by atoms with van der Waals surface area (Å²) in [5.41, 5.74) is 0.341. The number of halogens is 1. The summed E-state index contributed by atoms with van der Waals surface area (Å²) in [4.78, 5) is 11.7. The molecule has 0 spiro atoms. The second kappa shape index (κ2) is 5.28. The Balaban J connectivity index is 2.25. The molecule has 4 heteroatoms. The SMILES string of the molecule is CC(C)(C)c1nc(Br)cc(N2CCC(C(C)(C)C)C2)n1. The van der Waals surface area contributed by atoms with Crippen LogP contribution in [0.25, 0.3) is 0 Å². The Morgan fingerprint density at radius 1 is 1.15 bits per heavy atom. The van der Waals surface area contributed by atoms with Crippen molar-refractivity contribution in [3.05, 3.63) is 16.5 Å². The fourth-order valence-electron chi connectivity index (χ4n) is 2.58. The maximum Gasteiger partial charge on any atom is 0.137 e. The van der Waals surface area contributed by atoms with E-state index in [1.54, 1.807) is 0 Å². The molecule has 1 atom stereocenters. The summed E-state index contributed by atoms with van der Waals surface area (Å²) >= 11 is 3.53. The number of anilines is 1. The zero-order valence-electron chi connectivity index (χ0n) is 13.5. The van der Waals surface area contributed by atoms with Crippen molar-refractivity contribution in [3.8, 4) is 0 Å². The van der Waals surface area contributed by atoms with Gasteiger partial charge in [0.05, 0.1) is 0 Å². The molecule has 2 rings (SSSR count). The van der Waals surface area contributed by atoms with Crippen LogP contribution in [0.5, 0.6) is 0 Å². The summed E-state index contributed by atoms with van der Waals surface area (Å²) < 4.78 is 0.881. The summed E-state index contributed by atoms with van der Waals surface area (Å²) in [6.45, 7) is 15.6. The van der Waals surface area contributed by atoms with Gasteiger partial charge in [-0.15, -0.1) is 0 Å². The quantitative estimate of drug-likeness (QED) is 0.709. The first-order valence-corrected chi connectivity index (χ1v) is 8.16. The number of hydrogen-bond donors (Lipinski definition) is 0. The molecule has 0 amide bonds. The van der Waals surface area contributed by atoms with Crippen molar-refractivity contribution in [1.29, 1.82) is 0 Å². The molecular formula is C16H26BrN3. The fourth-order valence-corrected chi connectivity index (χ4v) is 2.95. The van der Waals surface area contributed by atoms with Gasteiger partial charge in [-0.05, 0) is 33.7 Å². The Kier molecular flexibility index (Phi) is 4.16. The van der Waals surface area contributed by atoms with Gasteiger partial charge in [0.15, 0.2) is 0 Å². The normalized spacial score (nSPS) is 20.6. The van der Waals surface area contributed by atoms with E-state index in [-0.39, 0.29) is 5.41 Å². The molecule has 0 radical (unpaired) electrons. The van der Waals surface area contributed by atoms with Gasteiger partial charge in [-0.2, -0.15) is 0 Å². The summed E-state index contributed by atoms with van der Waals surface area (Å²) in [7, 11) is 0. The lowest BCUT2D eigenvalue weighted by Crippen LogP contribution is -2.27. The van der Waals surface area contributed by atoms with Crippen molar-refractivity contribution in [2.75, 3.05) is 18.0 Å². The molecule has 3 nitrogen and oxygen atoms in total. The van der Waals surface area contributed by atoms with Gasteiger partial charge < -0.3 is 4.90 Å². The van der Waals surface area contributed by atoms with Crippen molar-refractivity contribution in [3.63, 3.8) is 0 Å². The first kappa shape index (κ1) is 15.7. The van der Waals surface area contributed by atoms with E-state index in [1.165, 1.54) is 6.42 Å². The largest absolute Gasteiger partial charge is 0.356 e. The van der Waals surface area contributed by atoms with Crippen LogP contribution >= 0.6 is 15.9 Å². The first-order valence-electron chi connectivity index (χ1n) is 7.37. The summed E-state index contributed by atoms with van der Waals surface area (Å²) in [5.74, 6) is 2.69. The molecule has 0 bridgehead atoms. The first-order chi connectivity index (χ1) is 9.07. The molecule has 0 saturated carbocycles. The van der Waals surface area contributed by atoms with Gasteiger partial charge in [0, 0.05) is 24.6 Å². The molecule has 1 saturated heterocycles. The molecule has 1 unspecified atom stereocenters. The van der Waals surface area contributed by atoms with E-state index >= 15 is 0 Å². The average molecular weight is 340 g/mol. The van der Waals surface area contributed by atoms with Gasteiger partial charge in [0.2, 0.25) is 0 Å². The molecular weight excluding hydrogens is 314 g/mol. The number of rotatable bonds is 1. The molecule has 1 aromatic rings. The standard InChI is InChI=1S/C16H26BrN3/c1-15(2,3)11-7-8-20(10-11)13-9-12(17)18-14(19-13)16(4,5)6/h9,11H,7-8,10H2,1-6H3. The molecule has 1 fully saturated rings. The van der Waals surface area contributed by atoms with Gasteiger partial charge in [0.1, 0.15) is 16.2 Å². The molecule has 0 aromatic carbocycles. The Bertz CT molecular complexity index is 485. The van der Waals surface area contributed by atoms with Crippen LogP contribution in [0, 0.1) is 11.3 Å². The van der Waals surface area contributed by atoms with E-state index < -0.39 is 0 Å². The van der Waals surface area contributed by atoms with Gasteiger partial charge in [-0.1, -0.05) is 41.5 Å². The van der Waals surface area contributed by atoms with Gasteiger partial charge in [-0.25, -0.2) is 9.97 Å². The average Bonchev–Trinajstić information content (AvgIpc) is 2.75. The Morgan fingerprint density at radius 2 is 1.80 bits per heavy atom. The molecule has 1 aliphatic rings. The summed E-state index contributed by atoms with van der Waals surface area (Å²) in [6.07, 6.45) is 1.25. The second-order valence-electron chi connectivity index (χ2n) is 7.92. The zero-order valence-corrected chi connectivity index (χ0v) is 15.1. The highest BCUT2D eigenvalue weighted by atomic mass is 79.9. The van der Waals surface area contributed by atoms with Crippen LogP contribution in [0.15, 0.2) is 10.7 Å². The van der Waals surface area contributed by atoms with Gasteiger partial charge in [0.25, 0.3) is 0 Å². The van der Waals surface area contributed by atoms with E-state index in [0.29, 0.717) is 5.41 Å². The van der Waals surface area contributed by atoms with Crippen molar-refractivity contribution in [2.24, 2.45) is 11.3 Å². The van der Waals surface area contributed by atoms with E-state index in [1.807, 2.05) is 6.07 Å². The monoisotopic (exact) mass is 339 g/mol. The highest BCUT2D eigenvalue weighted by Gasteiger charge is 2.33. The predicted octanol–water partition coefficient (Wildman–Crippen LogP) is 4.41. The molecule has 1 aliphatic heterocycles. The number of nitrogens with zero attached hydrogens (tertiary/aromatic N) is 3. The molecule has 0 N–H and O–H groups in total. The van der Waals surface area contributed by atoms with Crippen LogP contribution in [0.2, 0.25) is 0 Å². The van der Waals surface area contributed by atoms with E-state index in [9.17, 15) is 0 Å². The molecule has 1 aromatic heterocycles. The Hall–Kier alpha value is -0.640. The third-order valence-corrected chi connectivity index (χ3v) is 4.50. The fraction of sp³-hybridized carbons (Fsp3) is 0.750. The van der Waals surface area contributed by atoms with E-state index in [2.05, 4.69) is 67.4 Å². The van der Waals surface area contributed by atoms with E-state index in [0.717, 1.165) is 35.3 Å². The van der Waals surface area contributed by atoms with Crippen molar-refractivity contribution >= 4 is 21.7 Å². The Labute approximate surface area is 131 Å². The van der Waals surface area contributed by atoms with Crippen LogP contribution in [0.4, 0.5) is 5.82 Å². The maximum absolute atomic E-state index is 4.79. The number of aromatic nitrogens is 2. The minimum Gasteiger partial charge on any atom is -0.356 e. The summed E-state index contributed by atoms with van der Waals surface area (Å²) in [5, 5.41) is 0. The molecule has 0 aliphatic carbocycles. The maximum atomic E-state index is 4.79. The van der Waals surface area contributed by atoms with Gasteiger partial charge >= 0.3 is 0 Å². The summed E-state index contributed by atoms with van der Waals surface area (Å²) in [6, 6.07) is 2.04. The van der Waals surface area contributed by atoms with Crippen LogP contribution < -0.4 is 4.90 Å². The minimum absolute atomic E-state index is 0.0261. The smallest absolute Gasteiger partial charge is 0.137 e. The molecule has 20 heavy (non-hydrogen) atoms. The van der Waals surface area contributed by atoms with Crippen LogP contribution in [-0.2, 0) is 5.41 Å². The third-order valence-electron chi connectivity index (χ3n) is 4.09. The third kappa shape index (κ3) is 3.51. The van der Waals surface area contributed by atoms with Crippen LogP contribution in [0.1, 0.15) is 53.8 Å². The van der Waals surface area contributed by atoms with Crippen LogP contribution in [0.3, 0.4) is 0 Å². The van der Waals surface area contributed by atoms with Crippen molar-refractivity contribution in [2.45, 2.75) is 53.4 Å². The van der Waals surface area contributed by atoms with E-state index in [4.69, 9.17) is 4.98 Å². The van der Waals surface area contributed by atoms with Crippen molar-refractivity contribution in [1.82, 2.24) is 9.97 Å². The van der Waals surface area contributed by atoms with Crippen molar-refractivity contribution < 1.29 is 0 Å². The predicted molar refractivity (Wildman–Crippen MR) is 88.2 cm³/mol. The topological polar surface area (TPSA) is 29.0 Å². The molecule has 2 heterocycles.